The zero-order valence-electron chi connectivity index (χ0n) is 12.6. The molecule has 0 aliphatic heterocycles. The Kier molecular flexibility index (Phi) is 4.84. The van der Waals surface area contributed by atoms with Crippen LogP contribution in [-0.2, 0) is 6.54 Å². The van der Waals surface area contributed by atoms with E-state index in [1.807, 2.05) is 23.9 Å². The standard InChI is InChI=1S/C16H22ClN3/c1-11(2)8-18-9-14-5-6-16(15(17)7-14)20-10-19-12(3)13(20)4/h5-7,10-11,18H,8-9H2,1-4H3. The number of nitrogens with one attached hydrogen (secondary N) is 1. The lowest BCUT2D eigenvalue weighted by Gasteiger charge is -2.11. The van der Waals surface area contributed by atoms with Crippen LogP contribution in [0.3, 0.4) is 0 Å². The summed E-state index contributed by atoms with van der Waals surface area (Å²) in [6, 6.07) is 6.20. The Labute approximate surface area is 126 Å². The summed E-state index contributed by atoms with van der Waals surface area (Å²) in [4.78, 5) is 4.32. The molecule has 0 saturated heterocycles. The molecular weight excluding hydrogens is 270 g/mol. The smallest absolute Gasteiger partial charge is 0.0997 e. The monoisotopic (exact) mass is 291 g/mol. The van der Waals surface area contributed by atoms with Gasteiger partial charge in [-0.15, -0.1) is 0 Å². The molecule has 0 spiro atoms. The Morgan fingerprint density at radius 3 is 2.60 bits per heavy atom. The highest BCUT2D eigenvalue weighted by Crippen LogP contribution is 2.24. The summed E-state index contributed by atoms with van der Waals surface area (Å²) in [7, 11) is 0. The largest absolute Gasteiger partial charge is 0.312 e. The number of rotatable bonds is 5. The van der Waals surface area contributed by atoms with Gasteiger partial charge in [-0.2, -0.15) is 0 Å². The molecule has 0 unspecified atom stereocenters. The first kappa shape index (κ1) is 15.1. The van der Waals surface area contributed by atoms with Crippen LogP contribution >= 0.6 is 11.6 Å². The maximum Gasteiger partial charge on any atom is 0.0997 e. The topological polar surface area (TPSA) is 29.9 Å². The zero-order chi connectivity index (χ0) is 14.7. The van der Waals surface area contributed by atoms with Crippen LogP contribution in [-0.4, -0.2) is 16.1 Å². The van der Waals surface area contributed by atoms with Crippen molar-refractivity contribution in [3.63, 3.8) is 0 Å². The van der Waals surface area contributed by atoms with Gasteiger partial charge in [0.15, 0.2) is 0 Å². The van der Waals surface area contributed by atoms with Gasteiger partial charge in [0, 0.05) is 12.2 Å². The normalized spacial score (nSPS) is 11.3. The highest BCUT2D eigenvalue weighted by atomic mass is 35.5. The summed E-state index contributed by atoms with van der Waals surface area (Å²) in [6.07, 6.45) is 1.82. The molecule has 1 aromatic heterocycles. The van der Waals surface area contributed by atoms with Crippen molar-refractivity contribution in [1.82, 2.24) is 14.9 Å². The molecule has 2 aromatic rings. The molecule has 0 fully saturated rings. The predicted octanol–water partition coefficient (Wildman–Crippen LogP) is 3.89. The highest BCUT2D eigenvalue weighted by molar-refractivity contribution is 6.32. The molecule has 1 aromatic carbocycles. The first-order valence-corrected chi connectivity index (χ1v) is 7.37. The number of imidazole rings is 1. The van der Waals surface area contributed by atoms with Crippen LogP contribution in [0.1, 0.15) is 30.8 Å². The van der Waals surface area contributed by atoms with Crippen LogP contribution in [0.2, 0.25) is 5.02 Å². The van der Waals surface area contributed by atoms with Crippen molar-refractivity contribution in [3.05, 3.63) is 46.5 Å². The second-order valence-electron chi connectivity index (χ2n) is 5.60. The Bertz CT molecular complexity index is 587. The van der Waals surface area contributed by atoms with E-state index in [0.29, 0.717) is 5.92 Å². The van der Waals surface area contributed by atoms with Crippen LogP contribution in [0, 0.1) is 19.8 Å². The molecule has 0 amide bonds. The first-order chi connectivity index (χ1) is 9.49. The van der Waals surface area contributed by atoms with E-state index in [4.69, 9.17) is 11.6 Å². The van der Waals surface area contributed by atoms with Gasteiger partial charge in [0.2, 0.25) is 0 Å². The van der Waals surface area contributed by atoms with E-state index < -0.39 is 0 Å². The van der Waals surface area contributed by atoms with Crippen molar-refractivity contribution in [1.29, 1.82) is 0 Å². The van der Waals surface area contributed by atoms with Crippen LogP contribution < -0.4 is 5.32 Å². The lowest BCUT2D eigenvalue weighted by Crippen LogP contribution is -2.18. The van der Waals surface area contributed by atoms with Crippen molar-refractivity contribution in [2.45, 2.75) is 34.2 Å². The van der Waals surface area contributed by atoms with Gasteiger partial charge >= 0.3 is 0 Å². The molecule has 2 rings (SSSR count). The summed E-state index contributed by atoms with van der Waals surface area (Å²) in [5.74, 6) is 0.654. The second-order valence-corrected chi connectivity index (χ2v) is 6.00. The van der Waals surface area contributed by atoms with E-state index in [1.54, 1.807) is 0 Å². The molecule has 108 valence electrons. The molecule has 0 radical (unpaired) electrons. The number of aromatic nitrogens is 2. The van der Waals surface area contributed by atoms with E-state index in [2.05, 4.69) is 43.2 Å². The third-order valence-electron chi connectivity index (χ3n) is 3.41. The Hall–Kier alpha value is -1.32. The minimum absolute atomic E-state index is 0.654. The lowest BCUT2D eigenvalue weighted by molar-refractivity contribution is 0.552. The third-order valence-corrected chi connectivity index (χ3v) is 3.71. The Morgan fingerprint density at radius 2 is 2.05 bits per heavy atom. The van der Waals surface area contributed by atoms with Crippen molar-refractivity contribution in [2.75, 3.05) is 6.54 Å². The SMILES string of the molecule is Cc1ncn(-c2ccc(CNCC(C)C)cc2Cl)c1C. The van der Waals surface area contributed by atoms with Crippen LogP contribution in [0.15, 0.2) is 24.5 Å². The van der Waals surface area contributed by atoms with Crippen molar-refractivity contribution >= 4 is 11.6 Å². The van der Waals surface area contributed by atoms with Crippen molar-refractivity contribution < 1.29 is 0 Å². The van der Waals surface area contributed by atoms with E-state index in [-0.39, 0.29) is 0 Å². The Morgan fingerprint density at radius 1 is 1.30 bits per heavy atom. The molecule has 20 heavy (non-hydrogen) atoms. The molecule has 0 aliphatic rings. The van der Waals surface area contributed by atoms with E-state index in [1.165, 1.54) is 5.56 Å². The molecule has 0 atom stereocenters. The number of hydrogen-bond donors (Lipinski definition) is 1. The molecule has 3 nitrogen and oxygen atoms in total. The maximum atomic E-state index is 6.41. The predicted molar refractivity (Wildman–Crippen MR) is 84.6 cm³/mol. The zero-order valence-corrected chi connectivity index (χ0v) is 13.3. The van der Waals surface area contributed by atoms with E-state index in [0.717, 1.165) is 35.2 Å². The van der Waals surface area contributed by atoms with Crippen LogP contribution in [0.4, 0.5) is 0 Å². The lowest BCUT2D eigenvalue weighted by atomic mass is 10.1. The number of halogens is 1. The third kappa shape index (κ3) is 3.41. The number of aryl methyl sites for hydroxylation is 1. The average Bonchev–Trinajstić information content (AvgIpc) is 2.70. The van der Waals surface area contributed by atoms with Crippen LogP contribution in [0.25, 0.3) is 5.69 Å². The Balaban J connectivity index is 2.16. The summed E-state index contributed by atoms with van der Waals surface area (Å²) in [6.45, 7) is 10.3. The van der Waals surface area contributed by atoms with Crippen molar-refractivity contribution in [3.8, 4) is 5.69 Å². The molecule has 0 aliphatic carbocycles. The van der Waals surface area contributed by atoms with E-state index >= 15 is 0 Å². The van der Waals surface area contributed by atoms with Gasteiger partial charge in [-0.1, -0.05) is 31.5 Å². The molecule has 0 bridgehead atoms. The van der Waals surface area contributed by atoms with Gasteiger partial charge in [-0.05, 0) is 44.0 Å². The minimum Gasteiger partial charge on any atom is -0.312 e. The van der Waals surface area contributed by atoms with Gasteiger partial charge < -0.3 is 9.88 Å². The summed E-state index contributed by atoms with van der Waals surface area (Å²) in [5.41, 5.74) is 4.34. The fraction of sp³-hybridized carbons (Fsp3) is 0.438. The van der Waals surface area contributed by atoms with Gasteiger partial charge in [-0.3, -0.25) is 0 Å². The molecule has 1 heterocycles. The second kappa shape index (κ2) is 6.42. The van der Waals surface area contributed by atoms with Gasteiger partial charge in [0.25, 0.3) is 0 Å². The molecule has 4 heteroatoms. The summed E-state index contributed by atoms with van der Waals surface area (Å²) < 4.78 is 2.03. The van der Waals surface area contributed by atoms with Crippen LogP contribution in [0.5, 0.6) is 0 Å². The maximum absolute atomic E-state index is 6.41. The summed E-state index contributed by atoms with van der Waals surface area (Å²) in [5, 5.41) is 4.18. The molecule has 1 N–H and O–H groups in total. The van der Waals surface area contributed by atoms with Gasteiger partial charge in [0.05, 0.1) is 22.7 Å². The average molecular weight is 292 g/mol. The fourth-order valence-corrected chi connectivity index (χ4v) is 2.40. The highest BCUT2D eigenvalue weighted by Gasteiger charge is 2.08. The molecule has 0 saturated carbocycles. The molecular formula is C16H22ClN3. The van der Waals surface area contributed by atoms with E-state index in [9.17, 15) is 0 Å². The number of hydrogen-bond acceptors (Lipinski definition) is 2. The fourth-order valence-electron chi connectivity index (χ4n) is 2.10. The van der Waals surface area contributed by atoms with Gasteiger partial charge in [-0.25, -0.2) is 4.98 Å². The minimum atomic E-state index is 0.654. The number of benzene rings is 1. The summed E-state index contributed by atoms with van der Waals surface area (Å²) >= 11 is 6.41. The van der Waals surface area contributed by atoms with Crippen molar-refractivity contribution in [2.24, 2.45) is 5.92 Å². The van der Waals surface area contributed by atoms with Gasteiger partial charge in [0.1, 0.15) is 0 Å². The first-order valence-electron chi connectivity index (χ1n) is 6.99. The number of nitrogens with zero attached hydrogens (tertiary/aromatic N) is 2. The quantitative estimate of drug-likeness (QED) is 0.906.